The highest BCUT2D eigenvalue weighted by atomic mass is 19.1. The van der Waals surface area contributed by atoms with Crippen LogP contribution >= 0.6 is 0 Å². The van der Waals surface area contributed by atoms with E-state index in [1.807, 2.05) is 0 Å². The Balaban J connectivity index is 1.59. The molecule has 3 aromatic rings. The van der Waals surface area contributed by atoms with E-state index in [2.05, 4.69) is 31.9 Å². The van der Waals surface area contributed by atoms with Crippen molar-refractivity contribution in [1.82, 2.24) is 24.7 Å². The summed E-state index contributed by atoms with van der Waals surface area (Å²) in [7, 11) is 0. The molecular weight excluding hydrogens is 347 g/mol. The van der Waals surface area contributed by atoms with Crippen LogP contribution < -0.4 is 10.5 Å². The van der Waals surface area contributed by atoms with Gasteiger partial charge in [-0.1, -0.05) is 0 Å². The zero-order valence-corrected chi connectivity index (χ0v) is 14.9. The third kappa shape index (κ3) is 3.69. The first-order valence-corrected chi connectivity index (χ1v) is 8.87. The van der Waals surface area contributed by atoms with Crippen molar-refractivity contribution in [3.8, 4) is 11.3 Å². The molecule has 1 saturated heterocycles. The monoisotopic (exact) mass is 366 g/mol. The van der Waals surface area contributed by atoms with Gasteiger partial charge >= 0.3 is 0 Å². The number of halogens is 1. The molecular formula is C19H19FN6O. The summed E-state index contributed by atoms with van der Waals surface area (Å²) in [6.45, 7) is 3.27. The predicted octanol–water partition coefficient (Wildman–Crippen LogP) is 2.27. The number of anilines is 1. The molecule has 7 nitrogen and oxygen atoms in total. The summed E-state index contributed by atoms with van der Waals surface area (Å²) >= 11 is 0. The van der Waals surface area contributed by atoms with Crippen molar-refractivity contribution < 1.29 is 4.39 Å². The van der Waals surface area contributed by atoms with E-state index in [4.69, 9.17) is 0 Å². The van der Waals surface area contributed by atoms with Crippen molar-refractivity contribution in [1.29, 1.82) is 0 Å². The van der Waals surface area contributed by atoms with Gasteiger partial charge in [0, 0.05) is 42.8 Å². The second-order valence-corrected chi connectivity index (χ2v) is 6.68. The largest absolute Gasteiger partial charge is 0.338 e. The molecule has 0 radical (unpaired) electrons. The second kappa shape index (κ2) is 7.22. The Morgan fingerprint density at radius 2 is 2.00 bits per heavy atom. The molecule has 4 rings (SSSR count). The Hall–Kier alpha value is -3.16. The Labute approximate surface area is 155 Å². The summed E-state index contributed by atoms with van der Waals surface area (Å²) in [5.41, 5.74) is 1.60. The lowest BCUT2D eigenvalue weighted by Crippen LogP contribution is -2.28. The normalized spacial score (nSPS) is 16.7. The maximum absolute atomic E-state index is 13.3. The smallest absolute Gasteiger partial charge is 0.267 e. The molecule has 3 aromatic heterocycles. The molecule has 0 saturated carbocycles. The van der Waals surface area contributed by atoms with Crippen molar-refractivity contribution in [3.05, 3.63) is 64.7 Å². The van der Waals surface area contributed by atoms with Crippen LogP contribution in [0.25, 0.3) is 11.3 Å². The van der Waals surface area contributed by atoms with Crippen LogP contribution in [0.3, 0.4) is 0 Å². The van der Waals surface area contributed by atoms with Gasteiger partial charge in [-0.25, -0.2) is 19.0 Å². The van der Waals surface area contributed by atoms with E-state index in [0.717, 1.165) is 31.1 Å². The van der Waals surface area contributed by atoms with Crippen LogP contribution in [0.15, 0.2) is 47.8 Å². The van der Waals surface area contributed by atoms with Gasteiger partial charge in [0.15, 0.2) is 0 Å². The highest BCUT2D eigenvalue weighted by Crippen LogP contribution is 2.23. The molecule has 4 heterocycles. The fraction of sp³-hybridized carbons (Fsp3) is 0.316. The van der Waals surface area contributed by atoms with E-state index in [9.17, 15) is 9.18 Å². The average molecular weight is 366 g/mol. The number of aromatic nitrogens is 5. The Morgan fingerprint density at radius 3 is 2.70 bits per heavy atom. The lowest BCUT2D eigenvalue weighted by molar-refractivity contribution is 0.604. The van der Waals surface area contributed by atoms with Crippen molar-refractivity contribution in [2.45, 2.75) is 32.4 Å². The number of hydrogen-bond acceptors (Lipinski definition) is 6. The molecule has 0 bridgehead atoms. The van der Waals surface area contributed by atoms with Crippen LogP contribution in [0.1, 0.15) is 25.3 Å². The average Bonchev–Trinajstić information content (AvgIpc) is 3.10. The van der Waals surface area contributed by atoms with E-state index in [0.29, 0.717) is 23.2 Å². The minimum Gasteiger partial charge on any atom is -0.338 e. The highest BCUT2D eigenvalue weighted by Gasteiger charge is 2.22. The molecule has 1 aliphatic heterocycles. The summed E-state index contributed by atoms with van der Waals surface area (Å²) < 4.78 is 14.6. The highest BCUT2D eigenvalue weighted by molar-refractivity contribution is 5.56. The van der Waals surface area contributed by atoms with Gasteiger partial charge in [0.05, 0.1) is 18.4 Å². The van der Waals surface area contributed by atoms with Crippen molar-refractivity contribution >= 4 is 5.95 Å². The van der Waals surface area contributed by atoms with Crippen LogP contribution in [-0.4, -0.2) is 37.3 Å². The van der Waals surface area contributed by atoms with Gasteiger partial charge in [0.2, 0.25) is 5.95 Å². The van der Waals surface area contributed by atoms with Gasteiger partial charge in [0.25, 0.3) is 5.56 Å². The zero-order valence-electron chi connectivity index (χ0n) is 14.9. The van der Waals surface area contributed by atoms with Gasteiger partial charge < -0.3 is 4.90 Å². The standard InChI is InChI=1S/C19H19FN6O/c1-13-3-2-6-25(13)19-22-9-15(10-23-19)17-4-5-18(27)26(24-17)12-14-7-16(20)11-21-8-14/h4-5,7-11,13H,2-3,6,12H2,1H3/t13-/m0/s1. The fourth-order valence-corrected chi connectivity index (χ4v) is 3.26. The molecule has 0 aliphatic carbocycles. The maximum atomic E-state index is 13.3. The summed E-state index contributed by atoms with van der Waals surface area (Å²) in [5, 5.41) is 4.37. The molecule has 27 heavy (non-hydrogen) atoms. The molecule has 138 valence electrons. The van der Waals surface area contributed by atoms with Gasteiger partial charge in [-0.2, -0.15) is 5.10 Å². The summed E-state index contributed by atoms with van der Waals surface area (Å²) in [5.74, 6) is 0.264. The van der Waals surface area contributed by atoms with E-state index in [1.165, 1.54) is 23.0 Å². The van der Waals surface area contributed by atoms with Crippen molar-refractivity contribution in [3.63, 3.8) is 0 Å². The van der Waals surface area contributed by atoms with E-state index in [1.54, 1.807) is 18.5 Å². The lowest BCUT2D eigenvalue weighted by atomic mass is 10.2. The molecule has 0 amide bonds. The maximum Gasteiger partial charge on any atom is 0.267 e. The van der Waals surface area contributed by atoms with E-state index < -0.39 is 5.82 Å². The molecule has 0 spiro atoms. The SMILES string of the molecule is C[C@H]1CCCN1c1ncc(-c2ccc(=O)n(Cc3cncc(F)c3)n2)cn1. The third-order valence-corrected chi connectivity index (χ3v) is 4.70. The number of hydrogen-bond donors (Lipinski definition) is 0. The Kier molecular flexibility index (Phi) is 4.62. The second-order valence-electron chi connectivity index (χ2n) is 6.68. The summed E-state index contributed by atoms with van der Waals surface area (Å²) in [4.78, 5) is 27.0. The van der Waals surface area contributed by atoms with Crippen LogP contribution in [0, 0.1) is 5.82 Å². The van der Waals surface area contributed by atoms with E-state index >= 15 is 0 Å². The summed E-state index contributed by atoms with van der Waals surface area (Å²) in [6.07, 6.45) is 8.36. The fourth-order valence-electron chi connectivity index (χ4n) is 3.26. The van der Waals surface area contributed by atoms with Gasteiger partial charge in [-0.15, -0.1) is 0 Å². The minimum atomic E-state index is -0.447. The first kappa shape index (κ1) is 17.3. The van der Waals surface area contributed by atoms with Gasteiger partial charge in [-0.05, 0) is 37.5 Å². The van der Waals surface area contributed by atoms with E-state index in [-0.39, 0.29) is 12.1 Å². The molecule has 0 aromatic carbocycles. The van der Waals surface area contributed by atoms with Gasteiger partial charge in [0.1, 0.15) is 5.82 Å². The Morgan fingerprint density at radius 1 is 1.19 bits per heavy atom. The molecule has 0 N–H and O–H groups in total. The molecule has 1 aliphatic rings. The number of pyridine rings is 1. The Bertz CT molecular complexity index is 1000. The van der Waals surface area contributed by atoms with Crippen LogP contribution in [0.5, 0.6) is 0 Å². The minimum absolute atomic E-state index is 0.141. The lowest BCUT2D eigenvalue weighted by Gasteiger charge is -2.20. The van der Waals surface area contributed by atoms with Crippen molar-refractivity contribution in [2.75, 3.05) is 11.4 Å². The quantitative estimate of drug-likeness (QED) is 0.705. The zero-order chi connectivity index (χ0) is 18.8. The van der Waals surface area contributed by atoms with Crippen LogP contribution in [0.4, 0.5) is 10.3 Å². The molecule has 1 atom stereocenters. The first-order chi connectivity index (χ1) is 13.1. The third-order valence-electron chi connectivity index (χ3n) is 4.70. The first-order valence-electron chi connectivity index (χ1n) is 8.87. The summed E-state index contributed by atoms with van der Waals surface area (Å²) in [6, 6.07) is 4.85. The number of nitrogens with zero attached hydrogens (tertiary/aromatic N) is 6. The number of rotatable bonds is 4. The molecule has 8 heteroatoms. The topological polar surface area (TPSA) is 76.8 Å². The molecule has 0 unspecified atom stereocenters. The molecule has 1 fully saturated rings. The van der Waals surface area contributed by atoms with Gasteiger partial charge in [-0.3, -0.25) is 9.78 Å². The van der Waals surface area contributed by atoms with Crippen LogP contribution in [0.2, 0.25) is 0 Å². The van der Waals surface area contributed by atoms with Crippen LogP contribution in [-0.2, 0) is 6.54 Å². The van der Waals surface area contributed by atoms with Crippen molar-refractivity contribution in [2.24, 2.45) is 0 Å². The predicted molar refractivity (Wildman–Crippen MR) is 98.9 cm³/mol.